The van der Waals surface area contributed by atoms with Crippen LogP contribution >= 0.6 is 0 Å². The monoisotopic (exact) mass is 312 g/mol. The Kier molecular flexibility index (Phi) is 7.66. The zero-order valence-corrected chi connectivity index (χ0v) is 15.1. The van der Waals surface area contributed by atoms with Crippen molar-refractivity contribution < 1.29 is 14.2 Å². The van der Waals surface area contributed by atoms with Crippen LogP contribution in [0.5, 0.6) is 0 Å². The second kappa shape index (κ2) is 9.24. The van der Waals surface area contributed by atoms with Crippen molar-refractivity contribution in [1.29, 1.82) is 0 Å². The van der Waals surface area contributed by atoms with Crippen molar-refractivity contribution in [2.75, 3.05) is 6.61 Å². The van der Waals surface area contributed by atoms with Gasteiger partial charge in [-0.1, -0.05) is 0 Å². The third-order valence-corrected chi connectivity index (χ3v) is 4.90. The number of rotatable bonds is 9. The highest BCUT2D eigenvalue weighted by atomic mass is 16.5. The molecule has 0 unspecified atom stereocenters. The van der Waals surface area contributed by atoms with Crippen molar-refractivity contribution >= 4 is 0 Å². The predicted octanol–water partition coefficient (Wildman–Crippen LogP) is 4.72. The van der Waals surface area contributed by atoms with E-state index in [1.54, 1.807) is 0 Å². The Hall–Kier alpha value is -0.120. The molecule has 3 heteroatoms. The van der Waals surface area contributed by atoms with Crippen LogP contribution < -0.4 is 0 Å². The first-order valence-corrected chi connectivity index (χ1v) is 9.45. The number of hydrogen-bond acceptors (Lipinski definition) is 3. The molecular weight excluding hydrogens is 276 g/mol. The molecule has 2 rings (SSSR count). The Labute approximate surface area is 137 Å². The largest absolute Gasteiger partial charge is 0.379 e. The first-order valence-electron chi connectivity index (χ1n) is 9.45. The molecular formula is C19H36O3. The van der Waals surface area contributed by atoms with Gasteiger partial charge in [0.1, 0.15) is 0 Å². The molecule has 2 aliphatic carbocycles. The van der Waals surface area contributed by atoms with E-state index in [2.05, 4.69) is 27.7 Å². The van der Waals surface area contributed by atoms with Crippen molar-refractivity contribution in [3.05, 3.63) is 0 Å². The van der Waals surface area contributed by atoms with Crippen LogP contribution in [0.2, 0.25) is 0 Å². The summed E-state index contributed by atoms with van der Waals surface area (Å²) in [5.41, 5.74) is 0. The van der Waals surface area contributed by atoms with Crippen LogP contribution in [0.4, 0.5) is 0 Å². The van der Waals surface area contributed by atoms with Crippen LogP contribution in [0.1, 0.15) is 79.1 Å². The fraction of sp³-hybridized carbons (Fsp3) is 1.00. The molecule has 0 radical (unpaired) electrons. The minimum atomic E-state index is 0.348. The van der Waals surface area contributed by atoms with E-state index >= 15 is 0 Å². The van der Waals surface area contributed by atoms with E-state index in [0.717, 1.165) is 25.4 Å². The van der Waals surface area contributed by atoms with E-state index in [-0.39, 0.29) is 0 Å². The quantitative estimate of drug-likeness (QED) is 0.576. The van der Waals surface area contributed by atoms with Gasteiger partial charge >= 0.3 is 0 Å². The second-order valence-corrected chi connectivity index (χ2v) is 7.74. The summed E-state index contributed by atoms with van der Waals surface area (Å²) in [6.45, 7) is 9.37. The third-order valence-electron chi connectivity index (χ3n) is 4.90. The summed E-state index contributed by atoms with van der Waals surface area (Å²) < 4.78 is 17.7. The van der Waals surface area contributed by atoms with Crippen LogP contribution in [-0.2, 0) is 14.2 Å². The minimum Gasteiger partial charge on any atom is -0.379 e. The van der Waals surface area contributed by atoms with Gasteiger partial charge in [-0.15, -0.1) is 0 Å². The van der Waals surface area contributed by atoms with Crippen molar-refractivity contribution in [3.8, 4) is 0 Å². The lowest BCUT2D eigenvalue weighted by Gasteiger charge is -2.39. The molecule has 130 valence electrons. The summed E-state index contributed by atoms with van der Waals surface area (Å²) in [6.07, 6.45) is 12.1. The summed E-state index contributed by atoms with van der Waals surface area (Å²) in [7, 11) is 0. The smallest absolute Gasteiger partial charge is 0.0628 e. The lowest BCUT2D eigenvalue weighted by Crippen LogP contribution is -2.41. The Morgan fingerprint density at radius 3 is 2.09 bits per heavy atom. The van der Waals surface area contributed by atoms with Crippen molar-refractivity contribution in [3.63, 3.8) is 0 Å². The Bertz CT molecular complexity index is 289. The van der Waals surface area contributed by atoms with Gasteiger partial charge in [0.2, 0.25) is 0 Å². The molecule has 0 aliphatic heterocycles. The molecule has 0 N–H and O–H groups in total. The molecule has 0 aromatic rings. The van der Waals surface area contributed by atoms with Gasteiger partial charge in [0.15, 0.2) is 0 Å². The molecule has 2 fully saturated rings. The third kappa shape index (κ3) is 6.55. The topological polar surface area (TPSA) is 27.7 Å². The maximum absolute atomic E-state index is 6.24. The van der Waals surface area contributed by atoms with E-state index in [0.29, 0.717) is 30.5 Å². The van der Waals surface area contributed by atoms with E-state index in [1.807, 2.05) is 0 Å². The maximum Gasteiger partial charge on any atom is 0.0628 e. The molecule has 0 aromatic carbocycles. The normalized spacial score (nSPS) is 32.5. The van der Waals surface area contributed by atoms with E-state index in [4.69, 9.17) is 14.2 Å². The molecule has 0 amide bonds. The number of ether oxygens (including phenoxy) is 3. The lowest BCUT2D eigenvalue weighted by atomic mass is 9.84. The van der Waals surface area contributed by atoms with Crippen LogP contribution in [0.15, 0.2) is 0 Å². The van der Waals surface area contributed by atoms with Crippen LogP contribution in [-0.4, -0.2) is 37.1 Å². The van der Waals surface area contributed by atoms with Gasteiger partial charge in [0, 0.05) is 6.61 Å². The van der Waals surface area contributed by atoms with Crippen molar-refractivity contribution in [2.24, 2.45) is 5.92 Å². The zero-order chi connectivity index (χ0) is 15.9. The molecule has 0 saturated heterocycles. The van der Waals surface area contributed by atoms with Crippen molar-refractivity contribution in [2.45, 2.75) is 110 Å². The van der Waals surface area contributed by atoms with E-state index < -0.39 is 0 Å². The van der Waals surface area contributed by atoms with Gasteiger partial charge in [-0.3, -0.25) is 0 Å². The molecule has 2 aliphatic rings. The molecule has 0 spiro atoms. The van der Waals surface area contributed by atoms with Crippen LogP contribution in [0, 0.1) is 5.92 Å². The Morgan fingerprint density at radius 1 is 0.818 bits per heavy atom. The lowest BCUT2D eigenvalue weighted by molar-refractivity contribution is -0.145. The fourth-order valence-electron chi connectivity index (χ4n) is 3.64. The maximum atomic E-state index is 6.24. The molecule has 0 bridgehead atoms. The summed E-state index contributed by atoms with van der Waals surface area (Å²) in [4.78, 5) is 0. The van der Waals surface area contributed by atoms with Gasteiger partial charge < -0.3 is 14.2 Å². The van der Waals surface area contributed by atoms with E-state index in [9.17, 15) is 0 Å². The fourth-order valence-corrected chi connectivity index (χ4v) is 3.64. The Balaban J connectivity index is 1.49. The second-order valence-electron chi connectivity index (χ2n) is 7.74. The average molecular weight is 312 g/mol. The van der Waals surface area contributed by atoms with Gasteiger partial charge in [0.05, 0.1) is 30.5 Å². The minimum absolute atomic E-state index is 0.348. The highest BCUT2D eigenvalue weighted by molar-refractivity contribution is 4.84. The molecule has 3 nitrogen and oxygen atoms in total. The van der Waals surface area contributed by atoms with Gasteiger partial charge in [-0.2, -0.15) is 0 Å². The average Bonchev–Trinajstić information content (AvgIpc) is 2.42. The van der Waals surface area contributed by atoms with Gasteiger partial charge in [0.25, 0.3) is 0 Å². The molecule has 22 heavy (non-hydrogen) atoms. The summed E-state index contributed by atoms with van der Waals surface area (Å²) >= 11 is 0. The molecule has 0 atom stereocenters. The molecule has 0 aromatic heterocycles. The highest BCUT2D eigenvalue weighted by Crippen LogP contribution is 2.34. The number of hydrogen-bond donors (Lipinski definition) is 0. The van der Waals surface area contributed by atoms with Crippen LogP contribution in [0.25, 0.3) is 0 Å². The SMILES string of the molecule is CC(C)OCCCC1CCC(OC2CC(OC(C)C)C2)CC1. The first-order chi connectivity index (χ1) is 10.5. The standard InChI is InChI=1S/C19H36O3/c1-14(2)20-11-5-6-16-7-9-17(10-8-16)22-19-12-18(13-19)21-15(3)4/h14-19H,5-13H2,1-4H3. The van der Waals surface area contributed by atoms with E-state index in [1.165, 1.54) is 38.5 Å². The summed E-state index contributed by atoms with van der Waals surface area (Å²) in [6, 6.07) is 0. The van der Waals surface area contributed by atoms with Gasteiger partial charge in [-0.25, -0.2) is 0 Å². The predicted molar refractivity (Wildman–Crippen MR) is 90.2 cm³/mol. The zero-order valence-electron chi connectivity index (χ0n) is 15.1. The highest BCUT2D eigenvalue weighted by Gasteiger charge is 2.34. The molecule has 0 heterocycles. The summed E-state index contributed by atoms with van der Waals surface area (Å²) in [5.74, 6) is 0.897. The Morgan fingerprint density at radius 2 is 1.50 bits per heavy atom. The molecule has 2 saturated carbocycles. The summed E-state index contributed by atoms with van der Waals surface area (Å²) in [5, 5.41) is 0. The van der Waals surface area contributed by atoms with Gasteiger partial charge in [-0.05, 0) is 85.0 Å². The van der Waals surface area contributed by atoms with Crippen molar-refractivity contribution in [1.82, 2.24) is 0 Å². The van der Waals surface area contributed by atoms with Crippen LogP contribution in [0.3, 0.4) is 0 Å². The first kappa shape index (κ1) is 18.2.